The fraction of sp³-hybridized carbons (Fsp3) is 0.263. The van der Waals surface area contributed by atoms with E-state index < -0.39 is 0 Å². The van der Waals surface area contributed by atoms with Crippen molar-refractivity contribution in [2.75, 3.05) is 21.3 Å². The molecule has 1 N–H and O–H groups in total. The van der Waals surface area contributed by atoms with Gasteiger partial charge in [0.2, 0.25) is 11.7 Å². The molecule has 0 fully saturated rings. The molecule has 6 nitrogen and oxygen atoms in total. The summed E-state index contributed by atoms with van der Waals surface area (Å²) >= 11 is 0. The first-order valence-electron chi connectivity index (χ1n) is 7.66. The third kappa shape index (κ3) is 4.64. The summed E-state index contributed by atoms with van der Waals surface area (Å²) in [6.45, 7) is 0.360. The van der Waals surface area contributed by atoms with E-state index in [1.165, 1.54) is 21.3 Å². The van der Waals surface area contributed by atoms with Gasteiger partial charge in [-0.05, 0) is 35.4 Å². The zero-order chi connectivity index (χ0) is 18.2. The number of nitrogens with one attached hydrogen (secondary N) is 1. The number of methoxy groups -OCH3 is 3. The molecule has 6 heteroatoms. The van der Waals surface area contributed by atoms with E-state index in [9.17, 15) is 4.79 Å². The first-order valence-corrected chi connectivity index (χ1v) is 7.66. The van der Waals surface area contributed by atoms with Crippen molar-refractivity contribution in [1.29, 1.82) is 5.26 Å². The van der Waals surface area contributed by atoms with Crippen LogP contribution in [-0.4, -0.2) is 27.2 Å². The number of amides is 1. The molecular weight excluding hydrogens is 320 g/mol. The maximum atomic E-state index is 12.2. The zero-order valence-corrected chi connectivity index (χ0v) is 14.5. The third-order valence-electron chi connectivity index (χ3n) is 3.63. The van der Waals surface area contributed by atoms with Gasteiger partial charge in [-0.1, -0.05) is 12.1 Å². The maximum Gasteiger partial charge on any atom is 0.224 e. The van der Waals surface area contributed by atoms with Gasteiger partial charge in [0.1, 0.15) is 0 Å². The highest BCUT2D eigenvalue weighted by Gasteiger charge is 2.14. The second kappa shape index (κ2) is 8.60. The Bertz CT molecular complexity index is 771. The van der Waals surface area contributed by atoms with E-state index in [4.69, 9.17) is 19.5 Å². The average molecular weight is 340 g/mol. The maximum absolute atomic E-state index is 12.2. The van der Waals surface area contributed by atoms with Crippen LogP contribution in [0.1, 0.15) is 16.7 Å². The molecule has 0 aliphatic carbocycles. The van der Waals surface area contributed by atoms with Gasteiger partial charge in [0, 0.05) is 6.54 Å². The molecule has 25 heavy (non-hydrogen) atoms. The standard InChI is InChI=1S/C19H20N2O4/c1-23-16-8-15(9-17(24-2)19(16)25-3)10-18(22)21-12-14-6-4-5-13(7-14)11-20/h4-9H,10,12H2,1-3H3,(H,21,22). The summed E-state index contributed by atoms with van der Waals surface area (Å²) in [7, 11) is 4.59. The molecule has 0 saturated carbocycles. The van der Waals surface area contributed by atoms with Crippen molar-refractivity contribution in [3.05, 3.63) is 53.1 Å². The van der Waals surface area contributed by atoms with E-state index >= 15 is 0 Å². The van der Waals surface area contributed by atoms with E-state index in [0.29, 0.717) is 29.4 Å². The van der Waals surface area contributed by atoms with Gasteiger partial charge in [-0.15, -0.1) is 0 Å². The van der Waals surface area contributed by atoms with Crippen molar-refractivity contribution in [2.45, 2.75) is 13.0 Å². The predicted octanol–water partition coefficient (Wildman–Crippen LogP) is 2.44. The minimum atomic E-state index is -0.142. The molecule has 0 saturated heterocycles. The van der Waals surface area contributed by atoms with Gasteiger partial charge in [0.05, 0.1) is 39.4 Å². The first kappa shape index (κ1) is 18.1. The normalized spacial score (nSPS) is 9.84. The summed E-state index contributed by atoms with van der Waals surface area (Å²) in [6.07, 6.45) is 0.175. The molecule has 2 aromatic carbocycles. The fourth-order valence-corrected chi connectivity index (χ4v) is 2.44. The van der Waals surface area contributed by atoms with Crippen molar-refractivity contribution in [2.24, 2.45) is 0 Å². The Hall–Kier alpha value is -3.20. The number of hydrogen-bond donors (Lipinski definition) is 1. The summed E-state index contributed by atoms with van der Waals surface area (Å²) in [5.41, 5.74) is 2.19. The van der Waals surface area contributed by atoms with Gasteiger partial charge in [-0.25, -0.2) is 0 Å². The molecule has 0 atom stereocenters. The number of carbonyl (C=O) groups excluding carboxylic acids is 1. The Balaban J connectivity index is 2.06. The Morgan fingerprint density at radius 2 is 1.72 bits per heavy atom. The monoisotopic (exact) mass is 340 g/mol. The van der Waals surface area contributed by atoms with Crippen LogP contribution in [0.15, 0.2) is 36.4 Å². The lowest BCUT2D eigenvalue weighted by Crippen LogP contribution is -2.24. The number of nitriles is 1. The molecule has 0 heterocycles. The molecule has 0 bridgehead atoms. The molecule has 130 valence electrons. The van der Waals surface area contributed by atoms with Gasteiger partial charge in [-0.2, -0.15) is 5.26 Å². The van der Waals surface area contributed by atoms with Crippen molar-refractivity contribution in [3.8, 4) is 23.3 Å². The van der Waals surface area contributed by atoms with Crippen LogP contribution in [0.4, 0.5) is 0 Å². The topological polar surface area (TPSA) is 80.6 Å². The first-order chi connectivity index (χ1) is 12.1. The average Bonchev–Trinajstić information content (AvgIpc) is 2.65. The summed E-state index contributed by atoms with van der Waals surface area (Å²) in [5.74, 6) is 1.36. The van der Waals surface area contributed by atoms with E-state index in [0.717, 1.165) is 11.1 Å². The zero-order valence-electron chi connectivity index (χ0n) is 14.5. The van der Waals surface area contributed by atoms with Crippen molar-refractivity contribution in [3.63, 3.8) is 0 Å². The Morgan fingerprint density at radius 3 is 2.28 bits per heavy atom. The number of rotatable bonds is 7. The van der Waals surface area contributed by atoms with Crippen LogP contribution in [0.3, 0.4) is 0 Å². The molecule has 0 aromatic heterocycles. The van der Waals surface area contributed by atoms with Crippen LogP contribution in [0.2, 0.25) is 0 Å². The molecule has 0 radical (unpaired) electrons. The van der Waals surface area contributed by atoms with Gasteiger partial charge < -0.3 is 19.5 Å². The molecule has 2 aromatic rings. The lowest BCUT2D eigenvalue weighted by Gasteiger charge is -2.14. The Kier molecular flexibility index (Phi) is 6.24. The van der Waals surface area contributed by atoms with Crippen molar-refractivity contribution < 1.29 is 19.0 Å². The summed E-state index contributed by atoms with van der Waals surface area (Å²) < 4.78 is 15.8. The van der Waals surface area contributed by atoms with Crippen LogP contribution >= 0.6 is 0 Å². The van der Waals surface area contributed by atoms with E-state index in [2.05, 4.69) is 11.4 Å². The van der Waals surface area contributed by atoms with Crippen LogP contribution < -0.4 is 19.5 Å². The fourth-order valence-electron chi connectivity index (χ4n) is 2.44. The number of ether oxygens (including phenoxy) is 3. The summed E-state index contributed by atoms with van der Waals surface area (Å²) in [6, 6.07) is 12.7. The minimum absolute atomic E-state index is 0.142. The lowest BCUT2D eigenvalue weighted by molar-refractivity contribution is -0.120. The predicted molar refractivity (Wildman–Crippen MR) is 92.8 cm³/mol. The van der Waals surface area contributed by atoms with Gasteiger partial charge >= 0.3 is 0 Å². The molecule has 0 aliphatic heterocycles. The van der Waals surface area contributed by atoms with Crippen molar-refractivity contribution in [1.82, 2.24) is 5.32 Å². The quantitative estimate of drug-likeness (QED) is 0.837. The second-order valence-electron chi connectivity index (χ2n) is 5.30. The summed E-state index contributed by atoms with van der Waals surface area (Å²) in [5, 5.41) is 11.7. The largest absolute Gasteiger partial charge is 0.493 e. The lowest BCUT2D eigenvalue weighted by atomic mass is 10.1. The van der Waals surface area contributed by atoms with Crippen LogP contribution in [0.25, 0.3) is 0 Å². The number of hydrogen-bond acceptors (Lipinski definition) is 5. The van der Waals surface area contributed by atoms with Crippen LogP contribution in [0, 0.1) is 11.3 Å². The van der Waals surface area contributed by atoms with E-state index in [1.54, 1.807) is 30.3 Å². The SMILES string of the molecule is COc1cc(CC(=O)NCc2cccc(C#N)c2)cc(OC)c1OC. The Morgan fingerprint density at radius 1 is 1.04 bits per heavy atom. The minimum Gasteiger partial charge on any atom is -0.493 e. The van der Waals surface area contributed by atoms with Crippen LogP contribution in [0.5, 0.6) is 17.2 Å². The molecular formula is C19H20N2O4. The van der Waals surface area contributed by atoms with Gasteiger partial charge in [0.25, 0.3) is 0 Å². The smallest absolute Gasteiger partial charge is 0.224 e. The molecule has 0 unspecified atom stereocenters. The molecule has 2 rings (SSSR count). The molecule has 0 spiro atoms. The van der Waals surface area contributed by atoms with Gasteiger partial charge in [-0.3, -0.25) is 4.79 Å². The van der Waals surface area contributed by atoms with Crippen LogP contribution in [-0.2, 0) is 17.8 Å². The second-order valence-corrected chi connectivity index (χ2v) is 5.30. The molecule has 0 aliphatic rings. The molecule has 1 amide bonds. The highest BCUT2D eigenvalue weighted by Crippen LogP contribution is 2.38. The van der Waals surface area contributed by atoms with Crippen molar-refractivity contribution >= 4 is 5.91 Å². The highest BCUT2D eigenvalue weighted by atomic mass is 16.5. The summed E-state index contributed by atoms with van der Waals surface area (Å²) in [4.78, 5) is 12.2. The Labute approximate surface area is 146 Å². The third-order valence-corrected chi connectivity index (χ3v) is 3.63. The number of carbonyl (C=O) groups is 1. The van der Waals surface area contributed by atoms with Gasteiger partial charge in [0.15, 0.2) is 11.5 Å². The highest BCUT2D eigenvalue weighted by molar-refractivity contribution is 5.79. The van der Waals surface area contributed by atoms with E-state index in [-0.39, 0.29) is 12.3 Å². The number of benzene rings is 2. The number of nitrogens with zero attached hydrogens (tertiary/aromatic N) is 1. The van der Waals surface area contributed by atoms with E-state index in [1.807, 2.05) is 6.07 Å².